The second-order valence-electron chi connectivity index (χ2n) is 9.31. The molecule has 4 aromatic rings. The fraction of sp³-hybridized carbons (Fsp3) is 0.0323. The number of hydrogen-bond acceptors (Lipinski definition) is 6. The summed E-state index contributed by atoms with van der Waals surface area (Å²) in [5, 5.41) is 8.49. The van der Waals surface area contributed by atoms with Gasteiger partial charge in [-0.05, 0) is 73.2 Å². The topological polar surface area (TPSA) is 113 Å². The van der Waals surface area contributed by atoms with Crippen LogP contribution in [0, 0.1) is 0 Å². The number of nitrogens with one attached hydrogen (secondary N) is 1. The van der Waals surface area contributed by atoms with Crippen molar-refractivity contribution in [1.29, 1.82) is 0 Å². The molecule has 40 heavy (non-hydrogen) atoms. The van der Waals surface area contributed by atoms with E-state index in [1.54, 1.807) is 49.4 Å². The van der Waals surface area contributed by atoms with Gasteiger partial charge in [0.25, 0.3) is 11.8 Å². The lowest BCUT2D eigenvalue weighted by Crippen LogP contribution is -2.21. The van der Waals surface area contributed by atoms with E-state index in [0.29, 0.717) is 22.7 Å². The normalized spacial score (nSPS) is 16.4. The van der Waals surface area contributed by atoms with Gasteiger partial charge in [-0.1, -0.05) is 42.5 Å². The number of carbonyl (C=O) groups excluding carboxylic acids is 3. The number of hydrogen-bond donors (Lipinski definition) is 1. The number of para-hydroxylation sites is 1. The van der Waals surface area contributed by atoms with Crippen LogP contribution in [-0.4, -0.2) is 31.7 Å². The predicted molar refractivity (Wildman–Crippen MR) is 151 cm³/mol. The van der Waals surface area contributed by atoms with E-state index in [-0.39, 0.29) is 32.4 Å². The average Bonchev–Trinajstić information content (AvgIpc) is 3.25. The van der Waals surface area contributed by atoms with Gasteiger partial charge in [0.15, 0.2) is 5.78 Å². The monoisotopic (exact) mass is 547 g/mol. The van der Waals surface area contributed by atoms with E-state index >= 15 is 0 Å². The molecule has 1 N–H and O–H groups in total. The van der Waals surface area contributed by atoms with Gasteiger partial charge in [-0.2, -0.15) is 10.1 Å². The Kier molecular flexibility index (Phi) is 6.00. The lowest BCUT2D eigenvalue weighted by Gasteiger charge is -2.19. The van der Waals surface area contributed by atoms with Crippen LogP contribution in [0.25, 0.3) is 6.08 Å². The molecule has 8 nitrogen and oxygen atoms in total. The zero-order valence-corrected chi connectivity index (χ0v) is 22.0. The van der Waals surface area contributed by atoms with Crippen molar-refractivity contribution in [2.45, 2.75) is 16.7 Å². The highest BCUT2D eigenvalue weighted by molar-refractivity contribution is 7.91. The molecule has 2 amide bonds. The molecule has 6 rings (SSSR count). The van der Waals surface area contributed by atoms with E-state index in [4.69, 9.17) is 0 Å². The van der Waals surface area contributed by atoms with Crippen molar-refractivity contribution < 1.29 is 22.8 Å². The Balaban J connectivity index is 1.21. The first-order chi connectivity index (χ1) is 19.2. The van der Waals surface area contributed by atoms with Crippen molar-refractivity contribution in [1.82, 2.24) is 0 Å². The number of fused-ring (bicyclic) bond motifs is 2. The van der Waals surface area contributed by atoms with Gasteiger partial charge in [0.05, 0.1) is 26.8 Å². The lowest BCUT2D eigenvalue weighted by atomic mass is 10.0. The molecule has 196 valence electrons. The van der Waals surface area contributed by atoms with E-state index in [1.165, 1.54) is 35.3 Å². The van der Waals surface area contributed by atoms with Gasteiger partial charge >= 0.3 is 0 Å². The molecule has 0 spiro atoms. The van der Waals surface area contributed by atoms with Crippen LogP contribution in [0.3, 0.4) is 0 Å². The Morgan fingerprint density at radius 3 is 2.25 bits per heavy atom. The number of hydrazone groups is 1. The molecule has 0 atom stereocenters. The van der Waals surface area contributed by atoms with Crippen LogP contribution in [0.1, 0.15) is 38.8 Å². The Bertz CT molecular complexity index is 1890. The third-order valence-corrected chi connectivity index (χ3v) is 8.59. The van der Waals surface area contributed by atoms with Crippen molar-refractivity contribution in [3.8, 4) is 0 Å². The smallest absolute Gasteiger partial charge is 0.280 e. The second-order valence-corrected chi connectivity index (χ2v) is 11.2. The second kappa shape index (κ2) is 9.55. The third kappa shape index (κ3) is 4.22. The van der Waals surface area contributed by atoms with Crippen LogP contribution < -0.4 is 10.3 Å². The summed E-state index contributed by atoms with van der Waals surface area (Å²) in [4.78, 5) is 38.5. The average molecular weight is 548 g/mol. The zero-order valence-electron chi connectivity index (χ0n) is 21.2. The number of sulfone groups is 1. The summed E-state index contributed by atoms with van der Waals surface area (Å²) in [7, 11) is -3.96. The van der Waals surface area contributed by atoms with Gasteiger partial charge in [-0.25, -0.2) is 8.42 Å². The molecule has 9 heteroatoms. The summed E-state index contributed by atoms with van der Waals surface area (Å²) >= 11 is 0. The number of ketones is 1. The minimum absolute atomic E-state index is 0.0405. The van der Waals surface area contributed by atoms with E-state index in [9.17, 15) is 22.8 Å². The Morgan fingerprint density at radius 2 is 1.50 bits per heavy atom. The summed E-state index contributed by atoms with van der Waals surface area (Å²) in [6, 6.07) is 26.1. The lowest BCUT2D eigenvalue weighted by molar-refractivity contribution is -0.114. The Morgan fingerprint density at radius 1 is 0.825 bits per heavy atom. The molecule has 2 aliphatic rings. The van der Waals surface area contributed by atoms with Gasteiger partial charge < -0.3 is 5.32 Å². The first-order valence-corrected chi connectivity index (χ1v) is 13.8. The summed E-state index contributed by atoms with van der Waals surface area (Å²) in [6.07, 6.45) is 1.74. The van der Waals surface area contributed by atoms with Crippen LogP contribution >= 0.6 is 0 Å². The molecule has 0 bridgehead atoms. The van der Waals surface area contributed by atoms with Crippen molar-refractivity contribution >= 4 is 50.6 Å². The molecule has 0 aromatic heterocycles. The highest BCUT2D eigenvalue weighted by Gasteiger charge is 2.35. The predicted octanol–water partition coefficient (Wildman–Crippen LogP) is 5.12. The molecule has 0 aliphatic carbocycles. The number of nitrogens with zero attached hydrogens (tertiary/aromatic N) is 2. The quantitative estimate of drug-likeness (QED) is 0.314. The Hall–Kier alpha value is -5.15. The number of benzene rings is 4. The van der Waals surface area contributed by atoms with Gasteiger partial charge in [-0.3, -0.25) is 14.4 Å². The van der Waals surface area contributed by atoms with E-state index in [2.05, 4.69) is 10.4 Å². The SMILES string of the molecule is CC1=NN(c2ccccc2)C(=O)/C1=C/c1ccc(NC(=O)c2ccc3c(c2)S(=O)(=O)c2ccccc2C3=O)cc1. The highest BCUT2D eigenvalue weighted by atomic mass is 32.2. The van der Waals surface area contributed by atoms with Crippen molar-refractivity contribution in [2.75, 3.05) is 10.3 Å². The Labute approximate surface area is 230 Å². The van der Waals surface area contributed by atoms with Crippen LogP contribution in [0.2, 0.25) is 0 Å². The van der Waals surface area contributed by atoms with Crippen LogP contribution in [0.15, 0.2) is 118 Å². The number of anilines is 2. The van der Waals surface area contributed by atoms with Gasteiger partial charge in [0.2, 0.25) is 9.84 Å². The van der Waals surface area contributed by atoms with E-state index < -0.39 is 21.5 Å². The summed E-state index contributed by atoms with van der Waals surface area (Å²) in [6.45, 7) is 1.77. The van der Waals surface area contributed by atoms with E-state index in [1.807, 2.05) is 30.3 Å². The van der Waals surface area contributed by atoms with Gasteiger partial charge in [0, 0.05) is 22.4 Å². The molecule has 0 saturated heterocycles. The first kappa shape index (κ1) is 25.1. The fourth-order valence-corrected chi connectivity index (χ4v) is 6.36. The molecule has 0 saturated carbocycles. The van der Waals surface area contributed by atoms with Gasteiger partial charge in [-0.15, -0.1) is 0 Å². The molecular weight excluding hydrogens is 526 g/mol. The molecule has 4 aromatic carbocycles. The van der Waals surface area contributed by atoms with E-state index in [0.717, 1.165) is 5.56 Å². The zero-order chi connectivity index (χ0) is 28.0. The van der Waals surface area contributed by atoms with Crippen LogP contribution in [-0.2, 0) is 14.6 Å². The maximum atomic E-state index is 13.2. The molecule has 2 heterocycles. The largest absolute Gasteiger partial charge is 0.322 e. The highest BCUT2D eigenvalue weighted by Crippen LogP contribution is 2.35. The van der Waals surface area contributed by atoms with Gasteiger partial charge in [0.1, 0.15) is 0 Å². The van der Waals surface area contributed by atoms with Crippen molar-refractivity contribution in [3.05, 3.63) is 125 Å². The number of amides is 2. The van der Waals surface area contributed by atoms with Crippen LogP contribution in [0.4, 0.5) is 11.4 Å². The van der Waals surface area contributed by atoms with Crippen LogP contribution in [0.5, 0.6) is 0 Å². The maximum absolute atomic E-state index is 13.2. The molecule has 0 unspecified atom stereocenters. The third-order valence-electron chi connectivity index (χ3n) is 6.74. The summed E-state index contributed by atoms with van der Waals surface area (Å²) in [5.41, 5.74) is 3.21. The molecule has 0 fully saturated rings. The molecule has 0 radical (unpaired) electrons. The first-order valence-electron chi connectivity index (χ1n) is 12.3. The molecule has 2 aliphatic heterocycles. The summed E-state index contributed by atoms with van der Waals surface area (Å²) in [5.74, 6) is -1.16. The van der Waals surface area contributed by atoms with Crippen molar-refractivity contribution in [2.24, 2.45) is 5.10 Å². The van der Waals surface area contributed by atoms with Crippen molar-refractivity contribution in [3.63, 3.8) is 0 Å². The maximum Gasteiger partial charge on any atom is 0.280 e. The standard InChI is InChI=1S/C31H21N3O5S/c1-19-26(31(37)34(33-19)23-7-3-2-4-8-23)17-20-11-14-22(15-12-20)32-30(36)21-13-16-25-28(18-21)40(38,39)27-10-6-5-9-24(27)29(25)35/h2-18H,1H3,(H,32,36)/b26-17+. The number of carbonyl (C=O) groups is 3. The minimum atomic E-state index is -3.96. The molecular formula is C31H21N3O5S. The fourth-order valence-electron chi connectivity index (χ4n) is 4.69. The minimum Gasteiger partial charge on any atom is -0.322 e. The summed E-state index contributed by atoms with van der Waals surface area (Å²) < 4.78 is 26.4. The number of rotatable bonds is 4.